The molecule has 1 amide bonds. The number of nitrogens with one attached hydrogen (secondary N) is 1. The normalized spacial score (nSPS) is 18.6. The van der Waals surface area contributed by atoms with Gasteiger partial charge < -0.3 is 16.0 Å². The van der Waals surface area contributed by atoms with Gasteiger partial charge in [0, 0.05) is 38.8 Å². The molecular weight excluding hydrogens is 383 g/mol. The Bertz CT molecular complexity index is 494. The minimum atomic E-state index is -1.00. The van der Waals surface area contributed by atoms with Crippen molar-refractivity contribution in [3.63, 3.8) is 0 Å². The highest BCUT2D eigenvalue weighted by Gasteiger charge is 2.31. The van der Waals surface area contributed by atoms with E-state index in [2.05, 4.69) is 22.2 Å². The maximum Gasteiger partial charge on any atom is 0.244 e. The second-order valence-electron chi connectivity index (χ2n) is 6.55. The zero-order chi connectivity index (χ0) is 16.2. The third-order valence-electron chi connectivity index (χ3n) is 4.35. The number of amides is 1. The van der Waals surface area contributed by atoms with E-state index < -0.39 is 5.54 Å². The van der Waals surface area contributed by atoms with Crippen molar-refractivity contribution >= 4 is 43.1 Å². The molecule has 2 unspecified atom stereocenters. The lowest BCUT2D eigenvalue weighted by Gasteiger charge is -2.34. The Labute approximate surface area is 169 Å². The average molecular weight is 414 g/mol. The quantitative estimate of drug-likeness (QED) is 0.774. The maximum atomic E-state index is 12.5. The van der Waals surface area contributed by atoms with Gasteiger partial charge in [0.05, 0.1) is 0 Å². The minimum Gasteiger partial charge on any atom is -0.350 e. The smallest absolute Gasteiger partial charge is 0.244 e. The molecule has 1 aromatic rings. The van der Waals surface area contributed by atoms with Gasteiger partial charge in [0.25, 0.3) is 0 Å². The third kappa shape index (κ3) is 7.69. The summed E-state index contributed by atoms with van der Waals surface area (Å²) >= 11 is 0. The Balaban J connectivity index is 0. The molecule has 1 fully saturated rings. The Hall–Kier alpha value is -0.560. The molecule has 3 N–H and O–H groups in total. The van der Waals surface area contributed by atoms with E-state index in [1.54, 1.807) is 6.92 Å². The van der Waals surface area contributed by atoms with Crippen molar-refractivity contribution in [2.45, 2.75) is 25.4 Å². The molecule has 1 saturated heterocycles. The zero-order valence-corrected chi connectivity index (χ0v) is 17.6. The van der Waals surface area contributed by atoms with Crippen LogP contribution in [0.4, 0.5) is 0 Å². The molecule has 1 aliphatic heterocycles. The number of hydrogen-bond donors (Lipinski definition) is 2. The Morgan fingerprint density at radius 2 is 1.68 bits per heavy atom. The number of piperazine rings is 1. The van der Waals surface area contributed by atoms with Crippen LogP contribution in [-0.4, -0.2) is 61.5 Å². The lowest BCUT2D eigenvalue weighted by Crippen LogP contribution is -2.55. The van der Waals surface area contributed by atoms with Crippen molar-refractivity contribution in [1.82, 2.24) is 15.1 Å². The van der Waals surface area contributed by atoms with Crippen LogP contribution in [0.25, 0.3) is 0 Å². The molecular formula is C17H31Cl3N4O. The van der Waals surface area contributed by atoms with Crippen LogP contribution < -0.4 is 11.1 Å². The van der Waals surface area contributed by atoms with Crippen molar-refractivity contribution in [2.24, 2.45) is 5.73 Å². The summed E-state index contributed by atoms with van der Waals surface area (Å²) in [5.41, 5.74) is 6.08. The third-order valence-corrected chi connectivity index (χ3v) is 4.35. The largest absolute Gasteiger partial charge is 0.350 e. The van der Waals surface area contributed by atoms with Crippen LogP contribution in [0.15, 0.2) is 30.3 Å². The molecule has 1 aromatic carbocycles. The van der Waals surface area contributed by atoms with Crippen molar-refractivity contribution in [2.75, 3.05) is 39.8 Å². The summed E-state index contributed by atoms with van der Waals surface area (Å²) in [4.78, 5) is 17.2. The van der Waals surface area contributed by atoms with E-state index in [1.165, 1.54) is 0 Å². The summed E-state index contributed by atoms with van der Waals surface area (Å²) in [5.74, 6) is -0.125. The first-order valence-corrected chi connectivity index (χ1v) is 7.96. The Kier molecular flexibility index (Phi) is 12.7. The van der Waals surface area contributed by atoms with Gasteiger partial charge in [-0.15, -0.1) is 37.2 Å². The van der Waals surface area contributed by atoms with Crippen molar-refractivity contribution in [1.29, 1.82) is 0 Å². The van der Waals surface area contributed by atoms with E-state index in [0.717, 1.165) is 38.3 Å². The van der Waals surface area contributed by atoms with Gasteiger partial charge >= 0.3 is 0 Å². The predicted octanol–water partition coefficient (Wildman–Crippen LogP) is 1.88. The molecule has 0 aromatic heterocycles. The van der Waals surface area contributed by atoms with Gasteiger partial charge in [-0.25, -0.2) is 0 Å². The molecule has 146 valence electrons. The fraction of sp³-hybridized carbons (Fsp3) is 0.588. The van der Waals surface area contributed by atoms with Crippen LogP contribution in [0.2, 0.25) is 0 Å². The molecule has 0 radical (unpaired) electrons. The highest BCUT2D eigenvalue weighted by Crippen LogP contribution is 2.17. The van der Waals surface area contributed by atoms with E-state index >= 15 is 0 Å². The summed E-state index contributed by atoms with van der Waals surface area (Å²) in [6.45, 7) is 8.94. The summed E-state index contributed by atoms with van der Waals surface area (Å²) in [7, 11) is 2.14. The van der Waals surface area contributed by atoms with E-state index in [-0.39, 0.29) is 49.2 Å². The number of nitrogens with two attached hydrogens (primary N) is 1. The van der Waals surface area contributed by atoms with E-state index in [4.69, 9.17) is 5.73 Å². The molecule has 0 saturated carbocycles. The topological polar surface area (TPSA) is 61.6 Å². The SMILES string of the molecule is CC(CN1CCN(C)CC1)NC(=O)C(C)(N)c1ccccc1.Cl.Cl.Cl. The number of likely N-dealkylation sites (N-methyl/N-ethyl adjacent to an activating group) is 1. The van der Waals surface area contributed by atoms with E-state index in [0.29, 0.717) is 0 Å². The maximum absolute atomic E-state index is 12.5. The first-order chi connectivity index (χ1) is 10.4. The van der Waals surface area contributed by atoms with Gasteiger partial charge in [-0.1, -0.05) is 30.3 Å². The molecule has 2 rings (SSSR count). The highest BCUT2D eigenvalue weighted by molar-refractivity contribution is 5.87. The number of benzene rings is 1. The van der Waals surface area contributed by atoms with E-state index in [9.17, 15) is 4.79 Å². The number of nitrogens with zero attached hydrogens (tertiary/aromatic N) is 2. The molecule has 0 aliphatic carbocycles. The fourth-order valence-corrected chi connectivity index (χ4v) is 2.75. The predicted molar refractivity (Wildman–Crippen MR) is 111 cm³/mol. The van der Waals surface area contributed by atoms with Gasteiger partial charge in [-0.3, -0.25) is 9.69 Å². The lowest BCUT2D eigenvalue weighted by molar-refractivity contribution is -0.126. The van der Waals surface area contributed by atoms with Gasteiger partial charge in [0.15, 0.2) is 0 Å². The van der Waals surface area contributed by atoms with Gasteiger partial charge in [-0.2, -0.15) is 0 Å². The second-order valence-corrected chi connectivity index (χ2v) is 6.55. The summed E-state index contributed by atoms with van der Waals surface area (Å²) in [6.07, 6.45) is 0. The van der Waals surface area contributed by atoms with Gasteiger partial charge in [-0.05, 0) is 26.5 Å². The summed E-state index contributed by atoms with van der Waals surface area (Å²) in [5, 5.41) is 3.06. The van der Waals surface area contributed by atoms with Crippen LogP contribution in [0, 0.1) is 0 Å². The van der Waals surface area contributed by atoms with Crippen molar-refractivity contribution in [3.8, 4) is 0 Å². The van der Waals surface area contributed by atoms with Crippen molar-refractivity contribution < 1.29 is 4.79 Å². The number of carbonyl (C=O) groups is 1. The van der Waals surface area contributed by atoms with Crippen LogP contribution in [0.3, 0.4) is 0 Å². The molecule has 5 nitrogen and oxygen atoms in total. The number of rotatable bonds is 5. The standard InChI is InChI=1S/C17H28N4O.3ClH/c1-14(13-21-11-9-20(3)10-12-21)19-16(22)17(2,18)15-7-5-4-6-8-15;;;/h4-8,14H,9-13,18H2,1-3H3,(H,19,22);3*1H. The van der Waals surface area contributed by atoms with E-state index in [1.807, 2.05) is 37.3 Å². The Morgan fingerprint density at radius 3 is 2.20 bits per heavy atom. The number of hydrogen-bond acceptors (Lipinski definition) is 4. The Morgan fingerprint density at radius 1 is 1.16 bits per heavy atom. The monoisotopic (exact) mass is 412 g/mol. The van der Waals surface area contributed by atoms with Crippen molar-refractivity contribution in [3.05, 3.63) is 35.9 Å². The zero-order valence-electron chi connectivity index (χ0n) is 15.1. The summed E-state index contributed by atoms with van der Waals surface area (Å²) < 4.78 is 0. The molecule has 1 aliphatic rings. The van der Waals surface area contributed by atoms with Gasteiger partial charge in [0.1, 0.15) is 5.54 Å². The first kappa shape index (κ1) is 26.7. The minimum absolute atomic E-state index is 0. The molecule has 1 heterocycles. The number of halogens is 3. The first-order valence-electron chi connectivity index (χ1n) is 7.96. The lowest BCUT2D eigenvalue weighted by atomic mass is 9.92. The van der Waals surface area contributed by atoms with Crippen LogP contribution in [0.5, 0.6) is 0 Å². The highest BCUT2D eigenvalue weighted by atomic mass is 35.5. The molecule has 0 spiro atoms. The van der Waals surface area contributed by atoms with Gasteiger partial charge in [0.2, 0.25) is 5.91 Å². The van der Waals surface area contributed by atoms with Crippen LogP contribution in [0.1, 0.15) is 19.4 Å². The second kappa shape index (κ2) is 11.9. The average Bonchev–Trinajstić information content (AvgIpc) is 2.50. The molecule has 8 heteroatoms. The fourth-order valence-electron chi connectivity index (χ4n) is 2.75. The van der Waals surface area contributed by atoms with Crippen LogP contribution >= 0.6 is 37.2 Å². The summed E-state index contributed by atoms with van der Waals surface area (Å²) in [6, 6.07) is 9.61. The number of carbonyl (C=O) groups excluding carboxylic acids is 1. The van der Waals surface area contributed by atoms with Crippen LogP contribution in [-0.2, 0) is 10.3 Å². The molecule has 2 atom stereocenters. The molecule has 0 bridgehead atoms. The molecule has 25 heavy (non-hydrogen) atoms.